The van der Waals surface area contributed by atoms with Crippen molar-refractivity contribution in [3.05, 3.63) is 267 Å². The van der Waals surface area contributed by atoms with E-state index in [1.54, 1.807) is 0 Å². The Balaban J connectivity index is 0.821. The zero-order valence-electron chi connectivity index (χ0n) is 37.7. The summed E-state index contributed by atoms with van der Waals surface area (Å²) in [5.41, 5.74) is 20.3. The van der Waals surface area contributed by atoms with Crippen molar-refractivity contribution >= 4 is 60.8 Å². The Morgan fingerprint density at radius 3 is 1.35 bits per heavy atom. The number of anilines is 3. The van der Waals surface area contributed by atoms with Gasteiger partial charge in [0.05, 0.1) is 11.0 Å². The van der Waals surface area contributed by atoms with Crippen LogP contribution in [-0.4, -0.2) is 4.57 Å². The first kappa shape index (κ1) is 40.1. The molecule has 69 heavy (non-hydrogen) atoms. The van der Waals surface area contributed by atoms with Gasteiger partial charge >= 0.3 is 0 Å². The molecule has 0 atom stereocenters. The molecule has 0 saturated heterocycles. The standard InChI is InChI=1S/C66H44N2O/c1-3-13-45(14-4-1)47-25-34-54(35-26-47)67(55-36-27-48(28-37-55)46-15-5-2-6-16-46)56-38-29-50(30-39-56)52-33-42-64-62(44-52)59-19-7-9-23-63(59)68(64)57-40-31-49(32-41-57)51-17-11-18-53(43-51)58-21-12-22-61-60-20-8-10-24-65(60)69-66(58)61/h1-44H. The predicted octanol–water partition coefficient (Wildman–Crippen LogP) is 18.5. The predicted molar refractivity (Wildman–Crippen MR) is 290 cm³/mol. The SMILES string of the molecule is c1ccc(-c2ccc(N(c3ccc(-c4ccccc4)cc3)c3ccc(-c4ccc5c(c4)c4ccccc4n5-c4ccc(-c5cccc(-c6cccc7c6oc6ccccc67)c5)cc4)cc3)cc2)cc1. The minimum Gasteiger partial charge on any atom is -0.455 e. The van der Waals surface area contributed by atoms with E-state index in [2.05, 4.69) is 264 Å². The molecule has 2 aromatic heterocycles. The van der Waals surface area contributed by atoms with Crippen LogP contribution in [0.4, 0.5) is 17.1 Å². The quantitative estimate of drug-likeness (QED) is 0.144. The van der Waals surface area contributed by atoms with Gasteiger partial charge in [0.15, 0.2) is 0 Å². The van der Waals surface area contributed by atoms with Crippen LogP contribution < -0.4 is 4.90 Å². The maximum Gasteiger partial charge on any atom is 0.143 e. The van der Waals surface area contributed by atoms with E-state index in [0.29, 0.717) is 0 Å². The van der Waals surface area contributed by atoms with Gasteiger partial charge in [-0.15, -0.1) is 0 Å². The third-order valence-corrected chi connectivity index (χ3v) is 13.6. The van der Waals surface area contributed by atoms with Crippen LogP contribution in [-0.2, 0) is 0 Å². The summed E-state index contributed by atoms with van der Waals surface area (Å²) in [4.78, 5) is 2.34. The fraction of sp³-hybridized carbons (Fsp3) is 0. The molecule has 0 saturated carbocycles. The molecule has 13 aromatic rings. The van der Waals surface area contributed by atoms with Gasteiger partial charge in [-0.1, -0.05) is 188 Å². The maximum absolute atomic E-state index is 6.41. The molecule has 0 spiro atoms. The Hall–Kier alpha value is -9.18. The number of fused-ring (bicyclic) bond motifs is 6. The van der Waals surface area contributed by atoms with Gasteiger partial charge in [0.1, 0.15) is 11.2 Å². The molecule has 0 aliphatic carbocycles. The normalized spacial score (nSPS) is 11.5. The van der Waals surface area contributed by atoms with E-state index in [1.165, 1.54) is 55.2 Å². The van der Waals surface area contributed by atoms with Crippen LogP contribution in [0.1, 0.15) is 0 Å². The van der Waals surface area contributed by atoms with E-state index in [4.69, 9.17) is 4.42 Å². The van der Waals surface area contributed by atoms with Crippen LogP contribution in [0, 0.1) is 0 Å². The highest BCUT2D eigenvalue weighted by Gasteiger charge is 2.17. The summed E-state index contributed by atoms with van der Waals surface area (Å²) >= 11 is 0. The molecule has 2 heterocycles. The van der Waals surface area contributed by atoms with Crippen molar-refractivity contribution < 1.29 is 4.42 Å². The molecule has 0 unspecified atom stereocenters. The van der Waals surface area contributed by atoms with Gasteiger partial charge in [-0.2, -0.15) is 0 Å². The van der Waals surface area contributed by atoms with Gasteiger partial charge in [-0.25, -0.2) is 0 Å². The summed E-state index contributed by atoms with van der Waals surface area (Å²) in [6.07, 6.45) is 0. The Bertz CT molecular complexity index is 3880. The third-order valence-electron chi connectivity index (χ3n) is 13.6. The van der Waals surface area contributed by atoms with Crippen LogP contribution in [0.25, 0.3) is 105 Å². The summed E-state index contributed by atoms with van der Waals surface area (Å²) < 4.78 is 8.80. The van der Waals surface area contributed by atoms with Crippen molar-refractivity contribution in [3.63, 3.8) is 0 Å². The van der Waals surface area contributed by atoms with Gasteiger partial charge in [0.2, 0.25) is 0 Å². The molecule has 0 radical (unpaired) electrons. The Morgan fingerprint density at radius 1 is 0.275 bits per heavy atom. The number of aromatic nitrogens is 1. The smallest absolute Gasteiger partial charge is 0.143 e. The van der Waals surface area contributed by atoms with Crippen molar-refractivity contribution in [2.24, 2.45) is 0 Å². The van der Waals surface area contributed by atoms with Crippen molar-refractivity contribution in [3.8, 4) is 61.3 Å². The molecule has 0 aliphatic heterocycles. The second kappa shape index (κ2) is 16.9. The van der Waals surface area contributed by atoms with Crippen molar-refractivity contribution in [1.82, 2.24) is 4.57 Å². The summed E-state index contributed by atoms with van der Waals surface area (Å²) in [5, 5.41) is 4.73. The van der Waals surface area contributed by atoms with Crippen LogP contribution in [0.15, 0.2) is 271 Å². The van der Waals surface area contributed by atoms with E-state index in [-0.39, 0.29) is 0 Å². The molecule has 0 aliphatic rings. The van der Waals surface area contributed by atoms with Crippen molar-refractivity contribution in [1.29, 1.82) is 0 Å². The average Bonchev–Trinajstić information content (AvgIpc) is 3.98. The summed E-state index contributed by atoms with van der Waals surface area (Å²) in [5.74, 6) is 0. The molecule has 0 bridgehead atoms. The van der Waals surface area contributed by atoms with Crippen LogP contribution in [0.3, 0.4) is 0 Å². The molecule has 13 rings (SSSR count). The van der Waals surface area contributed by atoms with Crippen LogP contribution in [0.2, 0.25) is 0 Å². The Kier molecular flexibility index (Phi) is 9.84. The summed E-state index contributed by atoms with van der Waals surface area (Å²) in [6.45, 7) is 0. The lowest BCUT2D eigenvalue weighted by Crippen LogP contribution is -2.09. The zero-order chi connectivity index (χ0) is 45.7. The minimum absolute atomic E-state index is 0.910. The fourth-order valence-corrected chi connectivity index (χ4v) is 10.2. The maximum atomic E-state index is 6.41. The van der Waals surface area contributed by atoms with Crippen LogP contribution in [0.5, 0.6) is 0 Å². The number of benzene rings is 11. The number of rotatable bonds is 9. The van der Waals surface area contributed by atoms with Crippen LogP contribution >= 0.6 is 0 Å². The summed E-state index contributed by atoms with van der Waals surface area (Å²) in [7, 11) is 0. The lowest BCUT2D eigenvalue weighted by atomic mass is 9.97. The van der Waals surface area contributed by atoms with E-state index >= 15 is 0 Å². The first-order valence-electron chi connectivity index (χ1n) is 23.6. The average molecular weight is 881 g/mol. The lowest BCUT2D eigenvalue weighted by molar-refractivity contribution is 0.670. The highest BCUT2D eigenvalue weighted by Crippen LogP contribution is 2.41. The van der Waals surface area contributed by atoms with Gasteiger partial charge in [0, 0.05) is 49.9 Å². The van der Waals surface area contributed by atoms with Gasteiger partial charge in [-0.3, -0.25) is 0 Å². The fourth-order valence-electron chi connectivity index (χ4n) is 10.2. The van der Waals surface area contributed by atoms with E-state index in [1.807, 2.05) is 12.1 Å². The molecule has 0 N–H and O–H groups in total. The highest BCUT2D eigenvalue weighted by atomic mass is 16.3. The van der Waals surface area contributed by atoms with E-state index in [0.717, 1.165) is 66.9 Å². The van der Waals surface area contributed by atoms with E-state index in [9.17, 15) is 0 Å². The van der Waals surface area contributed by atoms with Crippen molar-refractivity contribution in [2.75, 3.05) is 4.90 Å². The van der Waals surface area contributed by atoms with E-state index < -0.39 is 0 Å². The second-order valence-electron chi connectivity index (χ2n) is 17.7. The minimum atomic E-state index is 0.910. The number of para-hydroxylation sites is 3. The Labute approximate surface area is 401 Å². The molecule has 0 fully saturated rings. The molecule has 3 heteroatoms. The topological polar surface area (TPSA) is 21.3 Å². The highest BCUT2D eigenvalue weighted by molar-refractivity contribution is 6.11. The summed E-state index contributed by atoms with van der Waals surface area (Å²) in [6, 6.07) is 96.0. The molecular weight excluding hydrogens is 837 g/mol. The Morgan fingerprint density at radius 2 is 0.710 bits per heavy atom. The molecular formula is C66H44N2O. The number of hydrogen-bond donors (Lipinski definition) is 0. The first-order chi connectivity index (χ1) is 34.2. The second-order valence-corrected chi connectivity index (χ2v) is 17.7. The third kappa shape index (κ3) is 7.25. The number of nitrogens with zero attached hydrogens (tertiary/aromatic N) is 2. The largest absolute Gasteiger partial charge is 0.455 e. The molecule has 11 aromatic carbocycles. The van der Waals surface area contributed by atoms with Gasteiger partial charge in [0.25, 0.3) is 0 Å². The zero-order valence-corrected chi connectivity index (χ0v) is 37.7. The molecule has 0 amide bonds. The van der Waals surface area contributed by atoms with Gasteiger partial charge < -0.3 is 13.9 Å². The lowest BCUT2D eigenvalue weighted by Gasteiger charge is -2.26. The van der Waals surface area contributed by atoms with Gasteiger partial charge in [-0.05, 0) is 129 Å². The molecule has 3 nitrogen and oxygen atoms in total. The number of hydrogen-bond acceptors (Lipinski definition) is 2. The monoisotopic (exact) mass is 880 g/mol. The number of furan rings is 1. The van der Waals surface area contributed by atoms with Crippen molar-refractivity contribution in [2.45, 2.75) is 0 Å². The molecule has 324 valence electrons. The first-order valence-corrected chi connectivity index (χ1v) is 23.6.